The van der Waals surface area contributed by atoms with E-state index in [-0.39, 0.29) is 18.3 Å². The molecule has 3 N–H and O–H groups in total. The lowest BCUT2D eigenvalue weighted by Crippen LogP contribution is -2.45. The Hall–Kier alpha value is -1.69. The van der Waals surface area contributed by atoms with Crippen molar-refractivity contribution in [2.45, 2.75) is 43.0 Å². The Morgan fingerprint density at radius 2 is 1.90 bits per heavy atom. The maximum Gasteiger partial charge on any atom is 0.223 e. The van der Waals surface area contributed by atoms with Gasteiger partial charge < -0.3 is 15.8 Å². The number of carbonyl (C=O) groups excluding carboxylic acids is 1. The summed E-state index contributed by atoms with van der Waals surface area (Å²) in [5.41, 5.74) is 8.77. The van der Waals surface area contributed by atoms with Crippen LogP contribution in [0.25, 0.3) is 11.1 Å². The third-order valence-corrected chi connectivity index (χ3v) is 6.81. The summed E-state index contributed by atoms with van der Waals surface area (Å²) >= 11 is 1.73. The van der Waals surface area contributed by atoms with Crippen LogP contribution in [0.1, 0.15) is 31.2 Å². The summed E-state index contributed by atoms with van der Waals surface area (Å²) in [7, 11) is 3.67. The number of hydrogen-bond donors (Lipinski definition) is 2. The van der Waals surface area contributed by atoms with Gasteiger partial charge in [-0.25, -0.2) is 0 Å². The third kappa shape index (κ3) is 5.27. The molecule has 6 heteroatoms. The van der Waals surface area contributed by atoms with Gasteiger partial charge in [0.25, 0.3) is 0 Å². The van der Waals surface area contributed by atoms with Gasteiger partial charge in [-0.15, -0.1) is 24.2 Å². The molecule has 0 atom stereocenters. The van der Waals surface area contributed by atoms with Crippen molar-refractivity contribution in [2.24, 2.45) is 11.1 Å². The van der Waals surface area contributed by atoms with Gasteiger partial charge in [0.05, 0.1) is 12.5 Å². The second-order valence-electron chi connectivity index (χ2n) is 7.64. The average Bonchev–Trinajstić information content (AvgIpc) is 2.74. The topological polar surface area (TPSA) is 64.3 Å². The number of benzene rings is 2. The van der Waals surface area contributed by atoms with E-state index in [2.05, 4.69) is 48.0 Å². The number of nitrogens with two attached hydrogens (primary N) is 1. The Bertz CT molecular complexity index is 835. The Morgan fingerprint density at radius 1 is 1.21 bits per heavy atom. The smallest absolute Gasteiger partial charge is 0.223 e. The highest BCUT2D eigenvalue weighted by atomic mass is 35.5. The van der Waals surface area contributed by atoms with Crippen LogP contribution in [0.2, 0.25) is 0 Å². The van der Waals surface area contributed by atoms with Crippen molar-refractivity contribution >= 4 is 30.1 Å². The van der Waals surface area contributed by atoms with Crippen LogP contribution in [0, 0.1) is 5.41 Å². The van der Waals surface area contributed by atoms with Crippen LogP contribution < -0.4 is 15.8 Å². The lowest BCUT2D eigenvalue weighted by Gasteiger charge is -2.38. The number of nitrogens with one attached hydrogen (secondary N) is 1. The van der Waals surface area contributed by atoms with E-state index in [0.29, 0.717) is 12.5 Å². The first-order chi connectivity index (χ1) is 13.5. The second kappa shape index (κ2) is 10.4. The molecule has 0 aromatic heterocycles. The van der Waals surface area contributed by atoms with Crippen LogP contribution in [0.5, 0.6) is 5.75 Å². The molecule has 3 rings (SSSR count). The number of hydrogen-bond acceptors (Lipinski definition) is 4. The minimum absolute atomic E-state index is 0. The van der Waals surface area contributed by atoms with Crippen molar-refractivity contribution in [2.75, 3.05) is 20.4 Å². The van der Waals surface area contributed by atoms with Crippen LogP contribution in [0.4, 0.5) is 0 Å². The van der Waals surface area contributed by atoms with E-state index >= 15 is 0 Å². The molecule has 4 nitrogen and oxygen atoms in total. The first kappa shape index (κ1) is 23.6. The number of methoxy groups -OCH3 is 1. The summed E-state index contributed by atoms with van der Waals surface area (Å²) < 4.78 is 5.62. The Morgan fingerprint density at radius 3 is 2.48 bits per heavy atom. The molecule has 29 heavy (non-hydrogen) atoms. The fraction of sp³-hybridized carbons (Fsp3) is 0.435. The molecule has 1 saturated carbocycles. The maximum absolute atomic E-state index is 12.5. The molecule has 0 bridgehead atoms. The molecule has 0 unspecified atom stereocenters. The lowest BCUT2D eigenvalue weighted by molar-refractivity contribution is -0.129. The van der Waals surface area contributed by atoms with Gasteiger partial charge >= 0.3 is 0 Å². The van der Waals surface area contributed by atoms with E-state index in [4.69, 9.17) is 10.5 Å². The summed E-state index contributed by atoms with van der Waals surface area (Å²) in [6.45, 7) is 0. The SMILES string of the molecule is CNC1CCC(Cc2cc(-c3cccc(SC)c3)ccc2OC)(C(N)=O)CC1.Cl. The minimum Gasteiger partial charge on any atom is -0.496 e. The molecule has 0 saturated heterocycles. The minimum atomic E-state index is -0.500. The standard InChI is InChI=1S/C23H30N2O2S.ClH/c1-25-19-9-11-23(12-10-19,22(24)26)15-18-13-17(7-8-21(18)27-2)16-5-4-6-20(14-16)28-3;/h4-8,13-14,19,25H,9-12,15H2,1-3H3,(H2,24,26);1H. The van der Waals surface area contributed by atoms with E-state index in [1.165, 1.54) is 10.5 Å². The normalized spacial score (nSPS) is 21.3. The number of primary amides is 1. The molecular weight excluding hydrogens is 404 g/mol. The van der Waals surface area contributed by atoms with Gasteiger partial charge in [0.2, 0.25) is 5.91 Å². The van der Waals surface area contributed by atoms with Crippen molar-refractivity contribution in [1.29, 1.82) is 0 Å². The van der Waals surface area contributed by atoms with Crippen LogP contribution in [0.15, 0.2) is 47.4 Å². The van der Waals surface area contributed by atoms with Crippen molar-refractivity contribution in [3.05, 3.63) is 48.0 Å². The van der Waals surface area contributed by atoms with Crippen molar-refractivity contribution in [3.8, 4) is 16.9 Å². The summed E-state index contributed by atoms with van der Waals surface area (Å²) in [6.07, 6.45) is 6.26. The monoisotopic (exact) mass is 434 g/mol. The quantitative estimate of drug-likeness (QED) is 0.621. The van der Waals surface area contributed by atoms with E-state index in [1.54, 1.807) is 18.9 Å². The van der Waals surface area contributed by atoms with E-state index in [0.717, 1.165) is 42.6 Å². The number of carbonyl (C=O) groups is 1. The van der Waals surface area contributed by atoms with Crippen LogP contribution in [-0.2, 0) is 11.2 Å². The molecule has 2 aromatic rings. The number of rotatable bonds is 7. The van der Waals surface area contributed by atoms with Gasteiger partial charge in [-0.05, 0) is 86.4 Å². The zero-order valence-corrected chi connectivity index (χ0v) is 19.0. The highest BCUT2D eigenvalue weighted by molar-refractivity contribution is 7.98. The van der Waals surface area contributed by atoms with E-state index in [9.17, 15) is 4.79 Å². The number of ether oxygens (including phenoxy) is 1. The van der Waals surface area contributed by atoms with E-state index in [1.807, 2.05) is 13.1 Å². The molecule has 0 radical (unpaired) electrons. The second-order valence-corrected chi connectivity index (χ2v) is 8.52. The fourth-order valence-corrected chi connectivity index (χ4v) is 4.69. The molecule has 1 fully saturated rings. The van der Waals surface area contributed by atoms with Gasteiger partial charge in [-0.1, -0.05) is 18.2 Å². The summed E-state index contributed by atoms with van der Waals surface area (Å²) in [5, 5.41) is 3.33. The summed E-state index contributed by atoms with van der Waals surface area (Å²) in [4.78, 5) is 13.7. The number of amides is 1. The molecule has 1 aliphatic carbocycles. The molecule has 0 heterocycles. The predicted molar refractivity (Wildman–Crippen MR) is 124 cm³/mol. The first-order valence-corrected chi connectivity index (χ1v) is 11.0. The Kier molecular flexibility index (Phi) is 8.44. The van der Waals surface area contributed by atoms with Crippen LogP contribution in [0.3, 0.4) is 0 Å². The molecule has 158 valence electrons. The highest BCUT2D eigenvalue weighted by Gasteiger charge is 2.40. The van der Waals surface area contributed by atoms with E-state index < -0.39 is 5.41 Å². The lowest BCUT2D eigenvalue weighted by atomic mass is 9.68. The molecule has 1 aliphatic rings. The zero-order valence-electron chi connectivity index (χ0n) is 17.4. The molecule has 2 aromatic carbocycles. The molecule has 1 amide bonds. The van der Waals surface area contributed by atoms with Gasteiger partial charge in [0, 0.05) is 10.9 Å². The fourth-order valence-electron chi connectivity index (χ4n) is 4.23. The predicted octanol–water partition coefficient (Wildman–Crippen LogP) is 4.68. The van der Waals surface area contributed by atoms with Gasteiger partial charge in [0.15, 0.2) is 0 Å². The van der Waals surface area contributed by atoms with Crippen LogP contribution in [-0.4, -0.2) is 32.4 Å². The van der Waals surface area contributed by atoms with Crippen molar-refractivity contribution in [1.82, 2.24) is 5.32 Å². The molecule has 0 spiro atoms. The maximum atomic E-state index is 12.5. The van der Waals surface area contributed by atoms with Crippen LogP contribution >= 0.6 is 24.2 Å². The van der Waals surface area contributed by atoms with Crippen molar-refractivity contribution < 1.29 is 9.53 Å². The molecular formula is C23H31ClN2O2S. The zero-order chi connectivity index (χ0) is 20.1. The summed E-state index contributed by atoms with van der Waals surface area (Å²) in [6, 6.07) is 15.2. The first-order valence-electron chi connectivity index (χ1n) is 9.80. The van der Waals surface area contributed by atoms with Gasteiger partial charge in [-0.3, -0.25) is 4.79 Å². The summed E-state index contributed by atoms with van der Waals surface area (Å²) in [5.74, 6) is 0.625. The average molecular weight is 435 g/mol. The van der Waals surface area contributed by atoms with Gasteiger partial charge in [0.1, 0.15) is 5.75 Å². The third-order valence-electron chi connectivity index (χ3n) is 6.09. The highest BCUT2D eigenvalue weighted by Crippen LogP contribution is 2.41. The van der Waals surface area contributed by atoms with Crippen molar-refractivity contribution in [3.63, 3.8) is 0 Å². The largest absolute Gasteiger partial charge is 0.496 e. The Balaban J connectivity index is 0.00000300. The number of halogens is 1. The Labute approximate surface area is 184 Å². The van der Waals surface area contributed by atoms with Gasteiger partial charge in [-0.2, -0.15) is 0 Å². The number of thioether (sulfide) groups is 1. The molecule has 0 aliphatic heterocycles.